The monoisotopic (exact) mass is 467 g/mol. The summed E-state index contributed by atoms with van der Waals surface area (Å²) in [4.78, 5) is -0.185. The average molecular weight is 467 g/mol. The van der Waals surface area contributed by atoms with Crippen molar-refractivity contribution in [3.8, 4) is 0 Å². The van der Waals surface area contributed by atoms with Gasteiger partial charge in [-0.1, -0.05) is 18.2 Å². The Labute approximate surface area is 173 Å². The first-order chi connectivity index (χ1) is 14.3. The lowest BCUT2D eigenvalue weighted by Gasteiger charge is -2.14. The van der Waals surface area contributed by atoms with Gasteiger partial charge in [0.05, 0.1) is 27.6 Å². The predicted molar refractivity (Wildman–Crippen MR) is 96.5 cm³/mol. The maximum Gasteiger partial charge on any atom is 0.416 e. The fraction of sp³-hybridized carbons (Fsp3) is 0.143. The van der Waals surface area contributed by atoms with Crippen molar-refractivity contribution in [3.63, 3.8) is 0 Å². The summed E-state index contributed by atoms with van der Waals surface area (Å²) in [6.45, 7) is 0. The zero-order valence-corrected chi connectivity index (χ0v) is 16.1. The first kappa shape index (κ1) is 23.1. The normalized spacial score (nSPS) is 13.0. The van der Waals surface area contributed by atoms with Crippen molar-refractivity contribution >= 4 is 10.9 Å². The van der Waals surface area contributed by atoms with Crippen LogP contribution in [0, 0.1) is 0 Å². The molecule has 0 amide bonds. The molecule has 0 bridgehead atoms. The third-order valence-corrected chi connectivity index (χ3v) is 6.37. The van der Waals surface area contributed by atoms with Gasteiger partial charge in [0, 0.05) is 18.2 Å². The second kappa shape index (κ2) is 8.14. The van der Waals surface area contributed by atoms with E-state index in [9.17, 15) is 39.5 Å². The number of benzene rings is 3. The molecule has 0 radical (unpaired) electrons. The predicted octanol–water partition coefficient (Wildman–Crippen LogP) is 7.84. The Bertz CT molecular complexity index is 928. The Kier molecular flexibility index (Phi) is 6.05. The molecule has 0 spiro atoms. The van der Waals surface area contributed by atoms with Gasteiger partial charge in [0.15, 0.2) is 14.7 Å². The standard InChI is InChI=1S/C21H12F9S/c22-19(23,24)13-4-1-7-16(10-13)31(17-8-2-5-14(11-17)20(25,26)27)18-9-3-6-15(12-18)21(28,29)30/h1-12H/q+1. The van der Waals surface area contributed by atoms with Crippen LogP contribution in [0.4, 0.5) is 39.5 Å². The zero-order chi connectivity index (χ0) is 23.0. The van der Waals surface area contributed by atoms with E-state index in [4.69, 9.17) is 0 Å². The summed E-state index contributed by atoms with van der Waals surface area (Å²) in [5.74, 6) is 0. The van der Waals surface area contributed by atoms with Gasteiger partial charge in [-0.25, -0.2) is 0 Å². The molecule has 0 aliphatic carbocycles. The van der Waals surface area contributed by atoms with Crippen LogP contribution in [0.5, 0.6) is 0 Å². The van der Waals surface area contributed by atoms with Crippen LogP contribution in [0.15, 0.2) is 87.5 Å². The molecule has 0 atom stereocenters. The van der Waals surface area contributed by atoms with Crippen molar-refractivity contribution in [2.24, 2.45) is 0 Å². The number of hydrogen-bond donors (Lipinski definition) is 0. The fourth-order valence-electron chi connectivity index (χ4n) is 2.81. The minimum absolute atomic E-state index is 0.0616. The SMILES string of the molecule is FC(F)(F)c1cccc([S+](c2cccc(C(F)(F)F)c2)c2cccc(C(F)(F)F)c2)c1. The Hall–Kier alpha value is -2.62. The van der Waals surface area contributed by atoms with Crippen LogP contribution in [-0.4, -0.2) is 0 Å². The topological polar surface area (TPSA) is 0 Å². The smallest absolute Gasteiger partial charge is 0.166 e. The second-order valence-corrected chi connectivity index (χ2v) is 8.41. The highest BCUT2D eigenvalue weighted by molar-refractivity contribution is 7.97. The molecule has 0 unspecified atom stereocenters. The molecule has 164 valence electrons. The van der Waals surface area contributed by atoms with Crippen LogP contribution < -0.4 is 0 Å². The van der Waals surface area contributed by atoms with E-state index in [1.807, 2.05) is 0 Å². The molecule has 3 aromatic rings. The van der Waals surface area contributed by atoms with Gasteiger partial charge in [0.2, 0.25) is 0 Å². The van der Waals surface area contributed by atoms with Crippen molar-refractivity contribution in [1.29, 1.82) is 0 Å². The largest absolute Gasteiger partial charge is 0.416 e. The van der Waals surface area contributed by atoms with Crippen molar-refractivity contribution in [3.05, 3.63) is 89.5 Å². The van der Waals surface area contributed by atoms with Crippen LogP contribution in [-0.2, 0) is 29.4 Å². The molecule has 0 aliphatic heterocycles. The van der Waals surface area contributed by atoms with Crippen LogP contribution in [0.1, 0.15) is 16.7 Å². The summed E-state index contributed by atoms with van der Waals surface area (Å²) < 4.78 is 119. The van der Waals surface area contributed by atoms with Crippen LogP contribution >= 0.6 is 0 Å². The Balaban J connectivity index is 2.24. The number of rotatable bonds is 3. The average Bonchev–Trinajstić information content (AvgIpc) is 2.67. The molecule has 0 nitrogen and oxygen atoms in total. The van der Waals surface area contributed by atoms with E-state index in [2.05, 4.69) is 0 Å². The summed E-state index contributed by atoms with van der Waals surface area (Å²) >= 11 is 0. The molecule has 31 heavy (non-hydrogen) atoms. The Morgan fingerprint density at radius 2 is 0.677 bits per heavy atom. The summed E-state index contributed by atoms with van der Waals surface area (Å²) in [7, 11) is -1.65. The third-order valence-electron chi connectivity index (χ3n) is 4.19. The first-order valence-electron chi connectivity index (χ1n) is 8.53. The third kappa shape index (κ3) is 5.36. The summed E-state index contributed by atoms with van der Waals surface area (Å²) in [6, 6.07) is 11.5. The Morgan fingerprint density at radius 1 is 0.419 bits per heavy atom. The van der Waals surface area contributed by atoms with E-state index < -0.39 is 46.1 Å². The van der Waals surface area contributed by atoms with Gasteiger partial charge in [-0.2, -0.15) is 39.5 Å². The van der Waals surface area contributed by atoms with Crippen LogP contribution in [0.25, 0.3) is 0 Å². The molecule has 3 rings (SSSR count). The quantitative estimate of drug-likeness (QED) is 0.272. The highest BCUT2D eigenvalue weighted by Gasteiger charge is 2.39. The highest BCUT2D eigenvalue weighted by Crippen LogP contribution is 2.39. The number of halogens is 9. The fourth-order valence-corrected chi connectivity index (χ4v) is 5.00. The molecule has 0 saturated heterocycles. The second-order valence-electron chi connectivity index (χ2n) is 6.38. The van der Waals surface area contributed by atoms with E-state index in [1.54, 1.807) is 0 Å². The molecule has 0 fully saturated rings. The van der Waals surface area contributed by atoms with Gasteiger partial charge >= 0.3 is 18.5 Å². The number of alkyl halides is 9. The lowest BCUT2D eigenvalue weighted by molar-refractivity contribution is -0.138. The first-order valence-corrected chi connectivity index (χ1v) is 9.75. The maximum absolute atomic E-state index is 13.2. The summed E-state index contributed by atoms with van der Waals surface area (Å²) in [6.07, 6.45) is -14.2. The molecule has 0 saturated carbocycles. The van der Waals surface area contributed by atoms with E-state index in [-0.39, 0.29) is 14.7 Å². The molecule has 0 aliphatic rings. The molecule has 0 aromatic heterocycles. The van der Waals surface area contributed by atoms with Crippen LogP contribution in [0.2, 0.25) is 0 Å². The highest BCUT2D eigenvalue weighted by atomic mass is 32.2. The number of hydrogen-bond acceptors (Lipinski definition) is 0. The van der Waals surface area contributed by atoms with Crippen molar-refractivity contribution in [2.75, 3.05) is 0 Å². The minimum Gasteiger partial charge on any atom is -0.166 e. The van der Waals surface area contributed by atoms with Gasteiger partial charge in [0.1, 0.15) is 0 Å². The van der Waals surface area contributed by atoms with Gasteiger partial charge in [-0.05, 0) is 36.4 Å². The van der Waals surface area contributed by atoms with E-state index in [1.165, 1.54) is 18.2 Å². The maximum atomic E-state index is 13.2. The lowest BCUT2D eigenvalue weighted by atomic mass is 10.2. The van der Waals surface area contributed by atoms with Crippen LogP contribution in [0.3, 0.4) is 0 Å². The van der Waals surface area contributed by atoms with Gasteiger partial charge in [0.25, 0.3) is 0 Å². The van der Waals surface area contributed by atoms with Gasteiger partial charge in [-0.3, -0.25) is 0 Å². The minimum atomic E-state index is -4.73. The summed E-state index contributed by atoms with van der Waals surface area (Å²) in [5.41, 5.74) is -3.16. The van der Waals surface area contributed by atoms with Crippen molar-refractivity contribution in [2.45, 2.75) is 33.2 Å². The van der Waals surface area contributed by atoms with Gasteiger partial charge < -0.3 is 0 Å². The molecule has 0 heterocycles. The molecular formula is C21H12F9S+. The van der Waals surface area contributed by atoms with Gasteiger partial charge in [-0.15, -0.1) is 0 Å². The van der Waals surface area contributed by atoms with Crippen molar-refractivity contribution in [1.82, 2.24) is 0 Å². The van der Waals surface area contributed by atoms with E-state index in [0.29, 0.717) is 0 Å². The summed E-state index contributed by atoms with van der Waals surface area (Å²) in [5, 5.41) is 0. The zero-order valence-electron chi connectivity index (χ0n) is 15.2. The molecule has 0 N–H and O–H groups in total. The lowest BCUT2D eigenvalue weighted by Crippen LogP contribution is -2.12. The molecule has 3 aromatic carbocycles. The molecular weight excluding hydrogens is 455 g/mol. The van der Waals surface area contributed by atoms with E-state index >= 15 is 0 Å². The van der Waals surface area contributed by atoms with E-state index in [0.717, 1.165) is 54.6 Å². The molecule has 10 heteroatoms. The van der Waals surface area contributed by atoms with Crippen molar-refractivity contribution < 1.29 is 39.5 Å². The Morgan fingerprint density at radius 3 is 0.903 bits per heavy atom.